The van der Waals surface area contributed by atoms with Crippen LogP contribution in [0.2, 0.25) is 10.0 Å². The lowest BCUT2D eigenvalue weighted by Gasteiger charge is -2.31. The van der Waals surface area contributed by atoms with Gasteiger partial charge in [0.2, 0.25) is 0 Å². The van der Waals surface area contributed by atoms with Gasteiger partial charge in [-0.3, -0.25) is 0 Å². The van der Waals surface area contributed by atoms with E-state index < -0.39 is 6.10 Å². The first kappa shape index (κ1) is 13.7. The van der Waals surface area contributed by atoms with Gasteiger partial charge in [-0.1, -0.05) is 41.4 Å². The Morgan fingerprint density at radius 1 is 1.15 bits per heavy atom. The highest BCUT2D eigenvalue weighted by atomic mass is 35.5. The highest BCUT2D eigenvalue weighted by Gasteiger charge is 2.26. The summed E-state index contributed by atoms with van der Waals surface area (Å²) in [5, 5.41) is 15.1. The molecule has 104 valence electrons. The zero-order chi connectivity index (χ0) is 14.1. The number of aliphatic hydroxyl groups is 1. The molecule has 0 radical (unpaired) electrons. The first-order valence-corrected chi connectivity index (χ1v) is 7.38. The minimum absolute atomic E-state index is 0.0548. The van der Waals surface area contributed by atoms with Crippen LogP contribution in [0.15, 0.2) is 42.5 Å². The zero-order valence-corrected chi connectivity index (χ0v) is 12.3. The second kappa shape index (κ2) is 5.65. The maximum absolute atomic E-state index is 10.6. The summed E-state index contributed by atoms with van der Waals surface area (Å²) in [5.41, 5.74) is 3.05. The van der Waals surface area contributed by atoms with E-state index in [-0.39, 0.29) is 6.04 Å². The van der Waals surface area contributed by atoms with Crippen LogP contribution in [0.4, 0.5) is 5.69 Å². The highest BCUT2D eigenvalue weighted by molar-refractivity contribution is 6.33. The van der Waals surface area contributed by atoms with Crippen molar-refractivity contribution in [2.24, 2.45) is 0 Å². The Morgan fingerprint density at radius 2 is 1.95 bits per heavy atom. The molecule has 4 heteroatoms. The third-order valence-corrected chi connectivity index (χ3v) is 4.32. The summed E-state index contributed by atoms with van der Waals surface area (Å²) < 4.78 is 0. The lowest BCUT2D eigenvalue weighted by molar-refractivity contribution is 0.149. The molecule has 2 N–H and O–H groups in total. The topological polar surface area (TPSA) is 32.3 Å². The summed E-state index contributed by atoms with van der Waals surface area (Å²) in [6, 6.07) is 13.3. The SMILES string of the molecule is OC(c1cc(Cl)ccc1Cl)C1CCc2ccccc2N1. The number of fused-ring (bicyclic) bond motifs is 1. The summed E-state index contributed by atoms with van der Waals surface area (Å²) in [4.78, 5) is 0. The van der Waals surface area contributed by atoms with Crippen LogP contribution in [0, 0.1) is 0 Å². The van der Waals surface area contributed by atoms with E-state index in [1.165, 1.54) is 5.56 Å². The van der Waals surface area contributed by atoms with E-state index in [4.69, 9.17) is 23.2 Å². The predicted molar refractivity (Wildman–Crippen MR) is 83.6 cm³/mol. The van der Waals surface area contributed by atoms with E-state index in [1.54, 1.807) is 18.2 Å². The summed E-state index contributed by atoms with van der Waals surface area (Å²) in [5.74, 6) is 0. The van der Waals surface area contributed by atoms with Gasteiger partial charge in [0, 0.05) is 21.3 Å². The Morgan fingerprint density at radius 3 is 2.80 bits per heavy atom. The van der Waals surface area contributed by atoms with Gasteiger partial charge in [-0.25, -0.2) is 0 Å². The quantitative estimate of drug-likeness (QED) is 0.859. The molecule has 1 heterocycles. The first-order valence-electron chi connectivity index (χ1n) is 6.62. The number of para-hydroxylation sites is 1. The van der Waals surface area contributed by atoms with Gasteiger partial charge in [0.25, 0.3) is 0 Å². The van der Waals surface area contributed by atoms with Gasteiger partial charge >= 0.3 is 0 Å². The second-order valence-corrected chi connectivity index (χ2v) is 5.90. The molecule has 0 amide bonds. The monoisotopic (exact) mass is 307 g/mol. The van der Waals surface area contributed by atoms with Crippen molar-refractivity contribution in [2.75, 3.05) is 5.32 Å². The molecule has 2 atom stereocenters. The average Bonchev–Trinajstić information content (AvgIpc) is 2.48. The van der Waals surface area contributed by atoms with E-state index in [1.807, 2.05) is 18.2 Å². The normalized spacial score (nSPS) is 19.1. The van der Waals surface area contributed by atoms with Crippen LogP contribution in [-0.4, -0.2) is 11.1 Å². The molecule has 2 unspecified atom stereocenters. The molecule has 0 aromatic heterocycles. The molecular weight excluding hydrogens is 293 g/mol. The van der Waals surface area contributed by atoms with Gasteiger partial charge in [0.15, 0.2) is 0 Å². The van der Waals surface area contributed by atoms with Gasteiger partial charge in [0.05, 0.1) is 6.04 Å². The van der Waals surface area contributed by atoms with E-state index >= 15 is 0 Å². The molecule has 1 aliphatic rings. The second-order valence-electron chi connectivity index (χ2n) is 5.06. The average molecular weight is 308 g/mol. The fraction of sp³-hybridized carbons (Fsp3) is 0.250. The number of benzene rings is 2. The van der Waals surface area contributed by atoms with E-state index in [0.29, 0.717) is 15.6 Å². The van der Waals surface area contributed by atoms with Crippen molar-refractivity contribution >= 4 is 28.9 Å². The summed E-state index contributed by atoms with van der Waals surface area (Å²) >= 11 is 12.2. The summed E-state index contributed by atoms with van der Waals surface area (Å²) in [6.07, 6.45) is 1.14. The van der Waals surface area contributed by atoms with Gasteiger partial charge in [0.1, 0.15) is 6.10 Å². The van der Waals surface area contributed by atoms with E-state index in [0.717, 1.165) is 18.5 Å². The van der Waals surface area contributed by atoms with Crippen LogP contribution in [0.25, 0.3) is 0 Å². The van der Waals surface area contributed by atoms with Crippen molar-refractivity contribution in [1.29, 1.82) is 0 Å². The smallest absolute Gasteiger partial charge is 0.101 e. The maximum atomic E-state index is 10.6. The van der Waals surface area contributed by atoms with Crippen molar-refractivity contribution in [3.63, 3.8) is 0 Å². The molecule has 2 nitrogen and oxygen atoms in total. The van der Waals surface area contributed by atoms with Gasteiger partial charge in [-0.2, -0.15) is 0 Å². The van der Waals surface area contributed by atoms with Gasteiger partial charge in [-0.15, -0.1) is 0 Å². The fourth-order valence-corrected chi connectivity index (χ4v) is 3.07. The van der Waals surface area contributed by atoms with Crippen molar-refractivity contribution in [3.05, 3.63) is 63.6 Å². The third kappa shape index (κ3) is 2.64. The number of anilines is 1. The summed E-state index contributed by atoms with van der Waals surface area (Å²) in [6.45, 7) is 0. The number of aliphatic hydroxyl groups excluding tert-OH is 1. The van der Waals surface area contributed by atoms with E-state index in [2.05, 4.69) is 11.4 Å². The Balaban J connectivity index is 1.85. The molecule has 0 aliphatic carbocycles. The standard InChI is InChI=1S/C16H15Cl2NO/c17-11-6-7-13(18)12(9-11)16(20)15-8-5-10-3-1-2-4-14(10)19-15/h1-4,6-7,9,15-16,19-20H,5,8H2. The highest BCUT2D eigenvalue weighted by Crippen LogP contribution is 2.34. The molecule has 0 bridgehead atoms. The van der Waals surface area contributed by atoms with Crippen molar-refractivity contribution in [2.45, 2.75) is 25.0 Å². The summed E-state index contributed by atoms with van der Waals surface area (Å²) in [7, 11) is 0. The molecule has 0 saturated heterocycles. The van der Waals surface area contributed by atoms with Crippen molar-refractivity contribution in [3.8, 4) is 0 Å². The zero-order valence-electron chi connectivity index (χ0n) is 10.8. The van der Waals surface area contributed by atoms with Gasteiger partial charge in [-0.05, 0) is 42.7 Å². The molecule has 1 aliphatic heterocycles. The number of halogens is 2. The van der Waals surface area contributed by atoms with Crippen molar-refractivity contribution in [1.82, 2.24) is 0 Å². The van der Waals surface area contributed by atoms with Crippen LogP contribution >= 0.6 is 23.2 Å². The lowest BCUT2D eigenvalue weighted by atomic mass is 9.92. The van der Waals surface area contributed by atoms with Crippen LogP contribution in [-0.2, 0) is 6.42 Å². The molecule has 2 aromatic rings. The van der Waals surface area contributed by atoms with Crippen LogP contribution in [0.5, 0.6) is 0 Å². The third-order valence-electron chi connectivity index (χ3n) is 3.74. The Labute approximate surface area is 128 Å². The first-order chi connectivity index (χ1) is 9.65. The molecule has 2 aromatic carbocycles. The number of nitrogens with one attached hydrogen (secondary N) is 1. The lowest BCUT2D eigenvalue weighted by Crippen LogP contribution is -2.31. The molecule has 0 fully saturated rings. The number of aryl methyl sites for hydroxylation is 1. The number of rotatable bonds is 2. The van der Waals surface area contributed by atoms with Crippen LogP contribution in [0.1, 0.15) is 23.7 Å². The van der Waals surface area contributed by atoms with Crippen LogP contribution < -0.4 is 5.32 Å². The Kier molecular flexibility index (Phi) is 3.88. The maximum Gasteiger partial charge on any atom is 0.101 e. The largest absolute Gasteiger partial charge is 0.386 e. The molecule has 0 saturated carbocycles. The van der Waals surface area contributed by atoms with Gasteiger partial charge < -0.3 is 10.4 Å². The Hall–Kier alpha value is -1.22. The molecule has 20 heavy (non-hydrogen) atoms. The van der Waals surface area contributed by atoms with E-state index in [9.17, 15) is 5.11 Å². The Bertz CT molecular complexity index is 630. The number of hydrogen-bond acceptors (Lipinski definition) is 2. The number of hydrogen-bond donors (Lipinski definition) is 2. The minimum atomic E-state index is -0.672. The molecule has 3 rings (SSSR count). The predicted octanol–water partition coefficient (Wildman–Crippen LogP) is 4.45. The molecular formula is C16H15Cl2NO. The minimum Gasteiger partial charge on any atom is -0.386 e. The van der Waals surface area contributed by atoms with Crippen molar-refractivity contribution < 1.29 is 5.11 Å². The van der Waals surface area contributed by atoms with Crippen LogP contribution in [0.3, 0.4) is 0 Å². The fourth-order valence-electron chi connectivity index (χ4n) is 2.66. The molecule has 0 spiro atoms.